The molecule has 1 aliphatic rings. The Bertz CT molecular complexity index is 134. The van der Waals surface area contributed by atoms with E-state index in [1.165, 1.54) is 45.1 Å². The highest BCUT2D eigenvalue weighted by Gasteiger charge is 2.21. The van der Waals surface area contributed by atoms with Crippen molar-refractivity contribution in [1.29, 1.82) is 0 Å². The van der Waals surface area contributed by atoms with Gasteiger partial charge in [-0.25, -0.2) is 0 Å². The predicted molar refractivity (Wildman–Crippen MR) is 63.5 cm³/mol. The fraction of sp³-hybridized carbons (Fsp3) is 1.00. The van der Waals surface area contributed by atoms with E-state index in [1.807, 2.05) is 0 Å². The summed E-state index contributed by atoms with van der Waals surface area (Å²) in [5, 5.41) is 3.73. The molecule has 0 bridgehead atoms. The van der Waals surface area contributed by atoms with Crippen LogP contribution < -0.4 is 5.32 Å². The lowest BCUT2D eigenvalue weighted by molar-refractivity contribution is 0.343. The molecule has 0 radical (unpaired) electrons. The summed E-state index contributed by atoms with van der Waals surface area (Å²) < 4.78 is 0. The molecule has 14 heavy (non-hydrogen) atoms. The van der Waals surface area contributed by atoms with Gasteiger partial charge in [-0.05, 0) is 38.1 Å². The SMILES string of the molecule is CCC(CC)CN[C@@H](C)C1CCCC1. The molecule has 1 fully saturated rings. The molecule has 1 saturated carbocycles. The first-order valence-electron chi connectivity index (χ1n) is 6.51. The maximum absolute atomic E-state index is 3.73. The molecule has 0 saturated heterocycles. The molecule has 0 unspecified atom stereocenters. The molecule has 84 valence electrons. The van der Waals surface area contributed by atoms with Gasteiger partial charge in [-0.2, -0.15) is 0 Å². The second kappa shape index (κ2) is 6.44. The number of hydrogen-bond donors (Lipinski definition) is 1. The van der Waals surface area contributed by atoms with Crippen LogP contribution in [-0.4, -0.2) is 12.6 Å². The summed E-state index contributed by atoms with van der Waals surface area (Å²) in [6, 6.07) is 0.748. The Kier molecular flexibility index (Phi) is 5.54. The van der Waals surface area contributed by atoms with Gasteiger partial charge in [0.05, 0.1) is 0 Å². The first-order valence-corrected chi connectivity index (χ1v) is 6.51. The van der Waals surface area contributed by atoms with Gasteiger partial charge in [0.25, 0.3) is 0 Å². The van der Waals surface area contributed by atoms with Crippen LogP contribution >= 0.6 is 0 Å². The van der Waals surface area contributed by atoms with Crippen molar-refractivity contribution < 1.29 is 0 Å². The molecule has 0 aromatic carbocycles. The minimum atomic E-state index is 0.748. The van der Waals surface area contributed by atoms with Crippen LogP contribution in [0.4, 0.5) is 0 Å². The standard InChI is InChI=1S/C13H27N/c1-4-12(5-2)10-14-11(3)13-8-6-7-9-13/h11-14H,4-10H2,1-3H3/t11-/m0/s1. The Morgan fingerprint density at radius 3 is 2.21 bits per heavy atom. The maximum Gasteiger partial charge on any atom is 0.00671 e. The molecule has 1 atom stereocenters. The molecule has 0 aromatic heterocycles. The van der Waals surface area contributed by atoms with Crippen molar-refractivity contribution in [2.24, 2.45) is 11.8 Å². The molecule has 1 rings (SSSR count). The predicted octanol–water partition coefficient (Wildman–Crippen LogP) is 3.59. The lowest BCUT2D eigenvalue weighted by atomic mass is 9.98. The zero-order valence-electron chi connectivity index (χ0n) is 10.2. The molecule has 1 heteroatoms. The normalized spacial score (nSPS) is 20.6. The summed E-state index contributed by atoms with van der Waals surface area (Å²) in [4.78, 5) is 0. The van der Waals surface area contributed by atoms with Gasteiger partial charge in [-0.3, -0.25) is 0 Å². The third-order valence-corrected chi connectivity index (χ3v) is 3.99. The van der Waals surface area contributed by atoms with Crippen LogP contribution in [0.1, 0.15) is 59.3 Å². The molecule has 0 aromatic rings. The first-order chi connectivity index (χ1) is 6.77. The summed E-state index contributed by atoms with van der Waals surface area (Å²) in [5.41, 5.74) is 0. The Balaban J connectivity index is 2.15. The number of nitrogens with one attached hydrogen (secondary N) is 1. The van der Waals surface area contributed by atoms with Gasteiger partial charge in [0.1, 0.15) is 0 Å². The second-order valence-electron chi connectivity index (χ2n) is 4.92. The first kappa shape index (κ1) is 12.0. The van der Waals surface area contributed by atoms with Crippen molar-refractivity contribution in [3.8, 4) is 0 Å². The average Bonchev–Trinajstić information content (AvgIpc) is 2.72. The summed E-state index contributed by atoms with van der Waals surface area (Å²) >= 11 is 0. The fourth-order valence-corrected chi connectivity index (χ4v) is 2.55. The van der Waals surface area contributed by atoms with Crippen molar-refractivity contribution in [2.75, 3.05) is 6.54 Å². The lowest BCUT2D eigenvalue weighted by Crippen LogP contribution is -2.35. The van der Waals surface area contributed by atoms with Crippen LogP contribution in [0, 0.1) is 11.8 Å². The minimum absolute atomic E-state index is 0.748. The van der Waals surface area contributed by atoms with Crippen molar-refractivity contribution in [2.45, 2.75) is 65.3 Å². The fourth-order valence-electron chi connectivity index (χ4n) is 2.55. The van der Waals surface area contributed by atoms with E-state index in [1.54, 1.807) is 0 Å². The molecule has 0 aliphatic heterocycles. The molecule has 1 nitrogen and oxygen atoms in total. The van der Waals surface area contributed by atoms with Crippen molar-refractivity contribution in [1.82, 2.24) is 5.32 Å². The average molecular weight is 197 g/mol. The zero-order chi connectivity index (χ0) is 10.4. The highest BCUT2D eigenvalue weighted by Crippen LogP contribution is 2.27. The van der Waals surface area contributed by atoms with Crippen LogP contribution in [0.15, 0.2) is 0 Å². The molecule has 1 N–H and O–H groups in total. The van der Waals surface area contributed by atoms with Crippen molar-refractivity contribution in [3.05, 3.63) is 0 Å². The van der Waals surface area contributed by atoms with E-state index in [0.717, 1.165) is 17.9 Å². The van der Waals surface area contributed by atoms with E-state index >= 15 is 0 Å². The van der Waals surface area contributed by atoms with Gasteiger partial charge >= 0.3 is 0 Å². The van der Waals surface area contributed by atoms with Gasteiger partial charge in [-0.15, -0.1) is 0 Å². The van der Waals surface area contributed by atoms with E-state index < -0.39 is 0 Å². The van der Waals surface area contributed by atoms with Crippen molar-refractivity contribution >= 4 is 0 Å². The molecular formula is C13H27N. The van der Waals surface area contributed by atoms with E-state index in [-0.39, 0.29) is 0 Å². The van der Waals surface area contributed by atoms with Crippen LogP contribution in [-0.2, 0) is 0 Å². The van der Waals surface area contributed by atoms with Gasteiger partial charge in [-0.1, -0.05) is 39.5 Å². The topological polar surface area (TPSA) is 12.0 Å². The summed E-state index contributed by atoms with van der Waals surface area (Å²) in [6.45, 7) is 8.20. The van der Waals surface area contributed by atoms with E-state index in [4.69, 9.17) is 0 Å². The van der Waals surface area contributed by atoms with Crippen molar-refractivity contribution in [3.63, 3.8) is 0 Å². The summed E-state index contributed by atoms with van der Waals surface area (Å²) in [7, 11) is 0. The van der Waals surface area contributed by atoms with Crippen LogP contribution in [0.25, 0.3) is 0 Å². The van der Waals surface area contributed by atoms with E-state index in [2.05, 4.69) is 26.1 Å². The summed E-state index contributed by atoms with van der Waals surface area (Å²) in [5.74, 6) is 1.85. The molecule has 0 heterocycles. The number of rotatable bonds is 6. The van der Waals surface area contributed by atoms with Crippen LogP contribution in [0.2, 0.25) is 0 Å². The molecule has 0 spiro atoms. The smallest absolute Gasteiger partial charge is 0.00671 e. The minimum Gasteiger partial charge on any atom is -0.314 e. The van der Waals surface area contributed by atoms with Gasteiger partial charge < -0.3 is 5.32 Å². The third kappa shape index (κ3) is 3.61. The number of hydrogen-bond acceptors (Lipinski definition) is 1. The zero-order valence-corrected chi connectivity index (χ0v) is 10.2. The van der Waals surface area contributed by atoms with E-state index in [0.29, 0.717) is 0 Å². The van der Waals surface area contributed by atoms with Crippen LogP contribution in [0.3, 0.4) is 0 Å². The Morgan fingerprint density at radius 1 is 1.14 bits per heavy atom. The lowest BCUT2D eigenvalue weighted by Gasteiger charge is -2.23. The van der Waals surface area contributed by atoms with Gasteiger partial charge in [0.15, 0.2) is 0 Å². The van der Waals surface area contributed by atoms with Gasteiger partial charge in [0, 0.05) is 6.04 Å². The Hall–Kier alpha value is -0.0400. The van der Waals surface area contributed by atoms with Gasteiger partial charge in [0.2, 0.25) is 0 Å². The largest absolute Gasteiger partial charge is 0.314 e. The molecule has 0 amide bonds. The quantitative estimate of drug-likeness (QED) is 0.686. The maximum atomic E-state index is 3.73. The Labute approximate surface area is 89.7 Å². The molecular weight excluding hydrogens is 170 g/mol. The van der Waals surface area contributed by atoms with E-state index in [9.17, 15) is 0 Å². The Morgan fingerprint density at radius 2 is 1.71 bits per heavy atom. The highest BCUT2D eigenvalue weighted by atomic mass is 14.9. The monoisotopic (exact) mass is 197 g/mol. The third-order valence-electron chi connectivity index (χ3n) is 3.99. The highest BCUT2D eigenvalue weighted by molar-refractivity contribution is 4.77. The molecule has 1 aliphatic carbocycles. The summed E-state index contributed by atoms with van der Waals surface area (Å²) in [6.07, 6.45) is 8.47. The second-order valence-corrected chi connectivity index (χ2v) is 4.92. The van der Waals surface area contributed by atoms with Crippen LogP contribution in [0.5, 0.6) is 0 Å².